The summed E-state index contributed by atoms with van der Waals surface area (Å²) >= 11 is 0. The highest BCUT2D eigenvalue weighted by molar-refractivity contribution is 7.91. The van der Waals surface area contributed by atoms with Gasteiger partial charge in [-0.05, 0) is 19.9 Å². The minimum Gasteiger partial charge on any atom is -0.481 e. The van der Waals surface area contributed by atoms with Gasteiger partial charge in [0.2, 0.25) is 0 Å². The molecular weight excluding hydrogens is 294 g/mol. The highest BCUT2D eigenvalue weighted by atomic mass is 32.2. The zero-order valence-corrected chi connectivity index (χ0v) is 13.1. The molecule has 1 saturated heterocycles. The Morgan fingerprint density at radius 2 is 2.24 bits per heavy atom. The fourth-order valence-electron chi connectivity index (χ4n) is 2.73. The lowest BCUT2D eigenvalue weighted by Crippen LogP contribution is -2.49. The molecule has 1 fully saturated rings. The van der Waals surface area contributed by atoms with E-state index in [2.05, 4.69) is 5.10 Å². The molecule has 0 radical (unpaired) electrons. The quantitative estimate of drug-likeness (QED) is 0.839. The first kappa shape index (κ1) is 16.0. The molecule has 0 amide bonds. The van der Waals surface area contributed by atoms with Crippen LogP contribution in [0.3, 0.4) is 0 Å². The second-order valence-electron chi connectivity index (χ2n) is 5.43. The van der Waals surface area contributed by atoms with E-state index in [1.165, 1.54) is 0 Å². The smallest absolute Gasteiger partial charge is 0.304 e. The Hall–Kier alpha value is -1.41. The molecule has 0 saturated carbocycles. The summed E-state index contributed by atoms with van der Waals surface area (Å²) in [5.74, 6) is -0.969. The number of aliphatic carboxylic acids is 1. The van der Waals surface area contributed by atoms with E-state index in [1.54, 1.807) is 0 Å². The van der Waals surface area contributed by atoms with Gasteiger partial charge in [-0.2, -0.15) is 5.10 Å². The highest BCUT2D eigenvalue weighted by Crippen LogP contribution is 2.18. The van der Waals surface area contributed by atoms with E-state index < -0.39 is 21.8 Å². The standard InChI is InChI=1S/C13H21N3O4S/c1-3-16-11(6-10(2)14-16)8-15-4-5-21(19,20)9-12(15)7-13(17)18/h6,12H,3-5,7-9H2,1-2H3,(H,17,18). The SMILES string of the molecule is CCn1nc(C)cc1CN1CCS(=O)(=O)CC1CC(=O)O. The van der Waals surface area contributed by atoms with E-state index in [9.17, 15) is 13.2 Å². The third-order valence-electron chi connectivity index (χ3n) is 3.71. The third kappa shape index (κ3) is 4.04. The Kier molecular flexibility index (Phi) is 4.67. The normalized spacial score (nSPS) is 22.3. The molecule has 1 atom stereocenters. The van der Waals surface area contributed by atoms with Gasteiger partial charge in [-0.3, -0.25) is 14.4 Å². The van der Waals surface area contributed by atoms with Gasteiger partial charge in [0, 0.05) is 25.7 Å². The van der Waals surface area contributed by atoms with Gasteiger partial charge in [0.15, 0.2) is 9.84 Å². The van der Waals surface area contributed by atoms with Crippen LogP contribution in [0.5, 0.6) is 0 Å². The van der Waals surface area contributed by atoms with Crippen LogP contribution in [-0.2, 0) is 27.7 Å². The first-order chi connectivity index (χ1) is 9.80. The van der Waals surface area contributed by atoms with Gasteiger partial charge in [-0.1, -0.05) is 0 Å². The van der Waals surface area contributed by atoms with Crippen molar-refractivity contribution in [1.29, 1.82) is 0 Å². The highest BCUT2D eigenvalue weighted by Gasteiger charge is 2.33. The summed E-state index contributed by atoms with van der Waals surface area (Å²) in [5, 5.41) is 13.4. The molecule has 0 bridgehead atoms. The lowest BCUT2D eigenvalue weighted by atomic mass is 10.2. The number of aromatic nitrogens is 2. The summed E-state index contributed by atoms with van der Waals surface area (Å²) in [6, 6.07) is 1.49. The Bertz CT molecular complexity index is 623. The van der Waals surface area contributed by atoms with Crippen molar-refractivity contribution in [2.24, 2.45) is 0 Å². The number of carboxylic acids is 1. The number of rotatable bonds is 5. The van der Waals surface area contributed by atoms with Crippen molar-refractivity contribution in [3.05, 3.63) is 17.5 Å². The van der Waals surface area contributed by atoms with Crippen LogP contribution in [0.1, 0.15) is 24.7 Å². The Morgan fingerprint density at radius 3 is 2.86 bits per heavy atom. The molecule has 2 heterocycles. The number of hydrogen-bond donors (Lipinski definition) is 1. The maximum Gasteiger partial charge on any atom is 0.304 e. The maximum atomic E-state index is 11.7. The minimum absolute atomic E-state index is 0.0848. The predicted octanol–water partition coefficient (Wildman–Crippen LogP) is 0.285. The second kappa shape index (κ2) is 6.15. The number of carbonyl (C=O) groups is 1. The first-order valence-electron chi connectivity index (χ1n) is 7.00. The molecule has 1 aliphatic rings. The second-order valence-corrected chi connectivity index (χ2v) is 7.66. The van der Waals surface area contributed by atoms with Crippen molar-refractivity contribution in [3.63, 3.8) is 0 Å². The lowest BCUT2D eigenvalue weighted by Gasteiger charge is -2.34. The Labute approximate surface area is 124 Å². The summed E-state index contributed by atoms with van der Waals surface area (Å²) in [6.07, 6.45) is -0.154. The van der Waals surface area contributed by atoms with E-state index in [4.69, 9.17) is 5.11 Å². The van der Waals surface area contributed by atoms with Gasteiger partial charge >= 0.3 is 5.97 Å². The molecule has 1 aromatic heterocycles. The van der Waals surface area contributed by atoms with Crippen molar-refractivity contribution >= 4 is 15.8 Å². The Morgan fingerprint density at radius 1 is 1.52 bits per heavy atom. The van der Waals surface area contributed by atoms with Crippen molar-refractivity contribution in [3.8, 4) is 0 Å². The fourth-order valence-corrected chi connectivity index (χ4v) is 4.32. The summed E-state index contributed by atoms with van der Waals surface area (Å²) in [6.45, 7) is 5.53. The predicted molar refractivity (Wildman–Crippen MR) is 77.7 cm³/mol. The zero-order valence-electron chi connectivity index (χ0n) is 12.3. The molecule has 0 spiro atoms. The van der Waals surface area contributed by atoms with Crippen molar-refractivity contribution in [1.82, 2.24) is 14.7 Å². The third-order valence-corrected chi connectivity index (χ3v) is 5.41. The van der Waals surface area contributed by atoms with Gasteiger partial charge in [-0.15, -0.1) is 0 Å². The topological polar surface area (TPSA) is 92.5 Å². The zero-order chi connectivity index (χ0) is 15.6. The van der Waals surface area contributed by atoms with Gasteiger partial charge in [-0.25, -0.2) is 8.42 Å². The molecule has 0 aromatic carbocycles. The fraction of sp³-hybridized carbons (Fsp3) is 0.692. The summed E-state index contributed by atoms with van der Waals surface area (Å²) in [4.78, 5) is 12.9. The molecule has 1 N–H and O–H groups in total. The maximum absolute atomic E-state index is 11.7. The molecule has 1 aromatic rings. The lowest BCUT2D eigenvalue weighted by molar-refractivity contribution is -0.138. The van der Waals surface area contributed by atoms with E-state index in [0.717, 1.165) is 17.9 Å². The van der Waals surface area contributed by atoms with Crippen LogP contribution in [0.15, 0.2) is 6.07 Å². The van der Waals surface area contributed by atoms with Gasteiger partial charge in [0.25, 0.3) is 0 Å². The number of nitrogens with zero attached hydrogens (tertiary/aromatic N) is 3. The molecule has 7 nitrogen and oxygen atoms in total. The van der Waals surface area contributed by atoms with E-state index in [0.29, 0.717) is 13.1 Å². The number of aryl methyl sites for hydroxylation is 2. The van der Waals surface area contributed by atoms with E-state index in [1.807, 2.05) is 29.5 Å². The molecule has 2 rings (SSSR count). The number of carboxylic acid groups (broad SMARTS) is 1. The van der Waals surface area contributed by atoms with Gasteiger partial charge in [0.1, 0.15) is 0 Å². The Balaban J connectivity index is 2.17. The molecule has 0 aliphatic carbocycles. The average Bonchev–Trinajstić information content (AvgIpc) is 2.71. The largest absolute Gasteiger partial charge is 0.481 e. The molecule has 1 aliphatic heterocycles. The monoisotopic (exact) mass is 315 g/mol. The van der Waals surface area contributed by atoms with E-state index >= 15 is 0 Å². The molecule has 118 valence electrons. The molecule has 21 heavy (non-hydrogen) atoms. The van der Waals surface area contributed by atoms with Crippen LogP contribution in [0, 0.1) is 6.92 Å². The number of sulfone groups is 1. The summed E-state index contributed by atoms with van der Waals surface area (Å²) in [7, 11) is -3.14. The van der Waals surface area contributed by atoms with Crippen molar-refractivity contribution < 1.29 is 18.3 Å². The molecule has 1 unspecified atom stereocenters. The molecular formula is C13H21N3O4S. The van der Waals surface area contributed by atoms with Gasteiger partial charge < -0.3 is 5.11 Å². The van der Waals surface area contributed by atoms with Gasteiger partial charge in [0.05, 0.1) is 29.3 Å². The van der Waals surface area contributed by atoms with Crippen LogP contribution in [-0.4, -0.2) is 58.3 Å². The average molecular weight is 315 g/mol. The van der Waals surface area contributed by atoms with Crippen molar-refractivity contribution in [2.75, 3.05) is 18.1 Å². The summed E-state index contributed by atoms with van der Waals surface area (Å²) in [5.41, 5.74) is 1.90. The van der Waals surface area contributed by atoms with E-state index in [-0.39, 0.29) is 17.9 Å². The van der Waals surface area contributed by atoms with Crippen LogP contribution in [0.2, 0.25) is 0 Å². The van der Waals surface area contributed by atoms with Crippen molar-refractivity contribution in [2.45, 2.75) is 39.4 Å². The summed E-state index contributed by atoms with van der Waals surface area (Å²) < 4.78 is 25.3. The van der Waals surface area contributed by atoms with Crippen LogP contribution in [0.25, 0.3) is 0 Å². The van der Waals surface area contributed by atoms with Crippen LogP contribution >= 0.6 is 0 Å². The number of hydrogen-bond acceptors (Lipinski definition) is 5. The minimum atomic E-state index is -3.14. The van der Waals surface area contributed by atoms with Crippen LogP contribution in [0.4, 0.5) is 0 Å². The van der Waals surface area contributed by atoms with Crippen LogP contribution < -0.4 is 0 Å². The first-order valence-corrected chi connectivity index (χ1v) is 8.82. The molecule has 8 heteroatoms.